The highest BCUT2D eigenvalue weighted by molar-refractivity contribution is 7.89. The second-order valence-corrected chi connectivity index (χ2v) is 7.86. The van der Waals surface area contributed by atoms with Gasteiger partial charge in [-0.25, -0.2) is 8.42 Å². The Kier molecular flexibility index (Phi) is 3.71. The van der Waals surface area contributed by atoms with Gasteiger partial charge in [-0.05, 0) is 44.0 Å². The van der Waals surface area contributed by atoms with E-state index in [2.05, 4.69) is 0 Å². The molecule has 1 aromatic rings. The van der Waals surface area contributed by atoms with Gasteiger partial charge in [-0.15, -0.1) is 0 Å². The molecular weight excluding hydrogens is 312 g/mol. The van der Waals surface area contributed by atoms with Crippen LogP contribution in [0, 0.1) is 0 Å². The summed E-state index contributed by atoms with van der Waals surface area (Å²) in [5.41, 5.74) is 0. The summed E-state index contributed by atoms with van der Waals surface area (Å²) in [5.74, 6) is -0.0960. The summed E-state index contributed by atoms with van der Waals surface area (Å²) in [6.45, 7) is 2.77. The van der Waals surface area contributed by atoms with Crippen molar-refractivity contribution < 1.29 is 13.2 Å². The first-order valence-electron chi connectivity index (χ1n) is 6.99. The van der Waals surface area contributed by atoms with Crippen molar-refractivity contribution in [1.29, 1.82) is 0 Å². The van der Waals surface area contributed by atoms with E-state index >= 15 is 0 Å². The van der Waals surface area contributed by atoms with Crippen molar-refractivity contribution >= 4 is 27.5 Å². The van der Waals surface area contributed by atoms with Crippen molar-refractivity contribution in [1.82, 2.24) is 9.21 Å². The van der Waals surface area contributed by atoms with E-state index in [9.17, 15) is 13.2 Å². The Labute approximate surface area is 129 Å². The van der Waals surface area contributed by atoms with Gasteiger partial charge in [-0.1, -0.05) is 11.6 Å². The maximum Gasteiger partial charge on any atom is 0.243 e. The predicted octanol–water partition coefficient (Wildman–Crippen LogP) is 1.72. The minimum atomic E-state index is -3.67. The molecule has 2 aliphatic heterocycles. The first-order chi connectivity index (χ1) is 9.91. The zero-order valence-corrected chi connectivity index (χ0v) is 13.3. The van der Waals surface area contributed by atoms with Gasteiger partial charge in [-0.2, -0.15) is 4.31 Å². The van der Waals surface area contributed by atoms with E-state index < -0.39 is 16.1 Å². The number of piperazine rings is 1. The molecule has 0 aromatic heterocycles. The van der Waals surface area contributed by atoms with E-state index in [1.807, 2.05) is 4.90 Å². The molecule has 0 spiro atoms. The lowest BCUT2D eigenvalue weighted by atomic mass is 10.1. The standard InChI is InChI=1S/C14H17ClN2O3S/c1-10-14(18)16-8-2-3-12(16)9-17(10)21(19,20)13-6-4-11(15)5-7-13/h4-7,10,12H,2-3,8-9H2,1H3/t10-,12-/m1/s1. The zero-order chi connectivity index (χ0) is 15.2. The van der Waals surface area contributed by atoms with Crippen LogP contribution in [-0.2, 0) is 14.8 Å². The summed E-state index contributed by atoms with van der Waals surface area (Å²) in [6.07, 6.45) is 1.81. The molecule has 5 nitrogen and oxygen atoms in total. The average Bonchev–Trinajstić information content (AvgIpc) is 2.91. The number of benzene rings is 1. The van der Waals surface area contributed by atoms with Crippen LogP contribution < -0.4 is 0 Å². The number of rotatable bonds is 2. The number of carbonyl (C=O) groups excluding carboxylic acids is 1. The summed E-state index contributed by atoms with van der Waals surface area (Å²) < 4.78 is 26.8. The van der Waals surface area contributed by atoms with Gasteiger partial charge in [-0.3, -0.25) is 4.79 Å². The molecule has 7 heteroatoms. The highest BCUT2D eigenvalue weighted by atomic mass is 35.5. The first kappa shape index (κ1) is 14.8. The summed E-state index contributed by atoms with van der Waals surface area (Å²) in [6, 6.07) is 5.42. The first-order valence-corrected chi connectivity index (χ1v) is 8.81. The van der Waals surface area contributed by atoms with Gasteiger partial charge in [0.25, 0.3) is 0 Å². The fourth-order valence-corrected chi connectivity index (χ4v) is 4.84. The summed E-state index contributed by atoms with van der Waals surface area (Å²) in [5, 5.41) is 0.485. The van der Waals surface area contributed by atoms with Crippen LogP contribution in [0.25, 0.3) is 0 Å². The van der Waals surface area contributed by atoms with Crippen LogP contribution >= 0.6 is 11.6 Å². The molecule has 3 rings (SSSR count). The number of sulfonamides is 1. The summed E-state index contributed by atoms with van der Waals surface area (Å²) >= 11 is 5.80. The van der Waals surface area contributed by atoms with Crippen LogP contribution in [0.15, 0.2) is 29.2 Å². The van der Waals surface area contributed by atoms with E-state index in [-0.39, 0.29) is 16.8 Å². The second-order valence-electron chi connectivity index (χ2n) is 5.53. The van der Waals surface area contributed by atoms with Gasteiger partial charge in [0.1, 0.15) is 6.04 Å². The third-order valence-electron chi connectivity index (χ3n) is 4.26. The number of halogens is 1. The molecule has 0 saturated carbocycles. The summed E-state index contributed by atoms with van der Waals surface area (Å²) in [7, 11) is -3.67. The van der Waals surface area contributed by atoms with Crippen molar-refractivity contribution in [2.45, 2.75) is 36.7 Å². The van der Waals surface area contributed by atoms with Gasteiger partial charge in [0.2, 0.25) is 15.9 Å². The number of fused-ring (bicyclic) bond motifs is 1. The molecule has 2 heterocycles. The van der Waals surface area contributed by atoms with Crippen molar-refractivity contribution in [3.8, 4) is 0 Å². The molecule has 0 bridgehead atoms. The van der Waals surface area contributed by atoms with Crippen LogP contribution in [0.1, 0.15) is 19.8 Å². The molecule has 2 aliphatic rings. The summed E-state index contributed by atoms with van der Waals surface area (Å²) in [4.78, 5) is 14.3. The normalized spacial score (nSPS) is 27.0. The van der Waals surface area contributed by atoms with Crippen molar-refractivity contribution in [3.63, 3.8) is 0 Å². The number of nitrogens with zero attached hydrogens (tertiary/aromatic N) is 2. The Morgan fingerprint density at radius 3 is 2.57 bits per heavy atom. The van der Waals surface area contributed by atoms with Crippen molar-refractivity contribution in [2.24, 2.45) is 0 Å². The lowest BCUT2D eigenvalue weighted by Gasteiger charge is -2.40. The minimum Gasteiger partial charge on any atom is -0.337 e. The third-order valence-corrected chi connectivity index (χ3v) is 6.46. The van der Waals surface area contributed by atoms with Crippen LogP contribution in [0.2, 0.25) is 5.02 Å². The fourth-order valence-electron chi connectivity index (χ4n) is 3.09. The largest absolute Gasteiger partial charge is 0.337 e. The SMILES string of the molecule is C[C@@H]1C(=O)N2CCC[C@@H]2CN1S(=O)(=O)c1ccc(Cl)cc1. The van der Waals surface area contributed by atoms with Gasteiger partial charge in [0, 0.05) is 24.2 Å². The van der Waals surface area contributed by atoms with E-state index in [1.165, 1.54) is 16.4 Å². The monoisotopic (exact) mass is 328 g/mol. The molecule has 2 atom stereocenters. The molecule has 21 heavy (non-hydrogen) atoms. The smallest absolute Gasteiger partial charge is 0.243 e. The predicted molar refractivity (Wildman–Crippen MR) is 79.5 cm³/mol. The fraction of sp³-hybridized carbons (Fsp3) is 0.500. The van der Waals surface area contributed by atoms with Crippen LogP contribution in [0.3, 0.4) is 0 Å². The Balaban J connectivity index is 1.94. The van der Waals surface area contributed by atoms with Crippen LogP contribution in [0.4, 0.5) is 0 Å². The Bertz CT molecular complexity index is 659. The molecule has 1 aromatic carbocycles. The number of hydrogen-bond donors (Lipinski definition) is 0. The van der Waals surface area contributed by atoms with E-state index in [1.54, 1.807) is 19.1 Å². The van der Waals surface area contributed by atoms with E-state index in [0.29, 0.717) is 11.6 Å². The molecule has 2 saturated heterocycles. The van der Waals surface area contributed by atoms with Crippen molar-refractivity contribution in [3.05, 3.63) is 29.3 Å². The van der Waals surface area contributed by atoms with Crippen molar-refractivity contribution in [2.75, 3.05) is 13.1 Å². The van der Waals surface area contributed by atoms with Crippen LogP contribution in [-0.4, -0.2) is 48.7 Å². The molecule has 0 N–H and O–H groups in total. The second kappa shape index (κ2) is 5.26. The van der Waals surface area contributed by atoms with E-state index in [4.69, 9.17) is 11.6 Å². The lowest BCUT2D eigenvalue weighted by Crippen LogP contribution is -2.59. The van der Waals surface area contributed by atoms with Gasteiger partial charge < -0.3 is 4.90 Å². The van der Waals surface area contributed by atoms with Gasteiger partial charge in [0.15, 0.2) is 0 Å². The number of hydrogen-bond acceptors (Lipinski definition) is 3. The van der Waals surface area contributed by atoms with Crippen LogP contribution in [0.5, 0.6) is 0 Å². The van der Waals surface area contributed by atoms with Gasteiger partial charge in [0.05, 0.1) is 4.90 Å². The van der Waals surface area contributed by atoms with Gasteiger partial charge >= 0.3 is 0 Å². The molecule has 1 amide bonds. The molecule has 0 radical (unpaired) electrons. The zero-order valence-electron chi connectivity index (χ0n) is 11.7. The Hall–Kier alpha value is -1.11. The van der Waals surface area contributed by atoms with E-state index in [0.717, 1.165) is 19.4 Å². The highest BCUT2D eigenvalue weighted by Gasteiger charge is 2.45. The number of carbonyl (C=O) groups is 1. The topological polar surface area (TPSA) is 57.7 Å². The third kappa shape index (κ3) is 2.45. The highest BCUT2D eigenvalue weighted by Crippen LogP contribution is 2.30. The lowest BCUT2D eigenvalue weighted by molar-refractivity contribution is -0.139. The average molecular weight is 329 g/mol. The maximum atomic E-state index is 12.8. The molecule has 114 valence electrons. The molecule has 0 unspecified atom stereocenters. The quantitative estimate of drug-likeness (QED) is 0.830. The Morgan fingerprint density at radius 1 is 1.24 bits per heavy atom. The minimum absolute atomic E-state index is 0.00998. The maximum absolute atomic E-state index is 12.8. The molecule has 2 fully saturated rings. The Morgan fingerprint density at radius 2 is 1.90 bits per heavy atom. The molecular formula is C14H17ClN2O3S. The number of amides is 1. The molecule has 0 aliphatic carbocycles.